The molecule has 0 aliphatic rings. The first kappa shape index (κ1) is 16.0. The topological polar surface area (TPSA) is 63.2 Å². The van der Waals surface area contributed by atoms with Crippen molar-refractivity contribution < 1.29 is 28.2 Å². The molecule has 0 aromatic carbocycles. The van der Waals surface area contributed by atoms with Crippen molar-refractivity contribution in [3.05, 3.63) is 0 Å². The van der Waals surface area contributed by atoms with Gasteiger partial charge in [0, 0.05) is 0 Å². The predicted octanol–water partition coefficient (Wildman–Crippen LogP) is 3.24. The van der Waals surface area contributed by atoms with Crippen molar-refractivity contribution in [2.75, 3.05) is 20.8 Å². The van der Waals surface area contributed by atoms with Crippen LogP contribution in [0.1, 0.15) is 39.0 Å². The molecule has 0 fully saturated rings. The number of phosphoric acid groups is 1. The van der Waals surface area contributed by atoms with Crippen molar-refractivity contribution in [1.29, 1.82) is 0 Å². The molecule has 0 amide bonds. The Labute approximate surface area is 96.6 Å². The second kappa shape index (κ2) is 10.2. The van der Waals surface area contributed by atoms with E-state index in [1.165, 1.54) is 27.1 Å². The van der Waals surface area contributed by atoms with Crippen molar-refractivity contribution in [1.82, 2.24) is 0 Å². The summed E-state index contributed by atoms with van der Waals surface area (Å²) in [5.74, 6) is 0. The quantitative estimate of drug-likeness (QED) is 0.245. The van der Waals surface area contributed by atoms with Gasteiger partial charge in [-0.05, 0) is 6.42 Å². The van der Waals surface area contributed by atoms with E-state index in [1.54, 1.807) is 0 Å². The molecule has 98 valence electrons. The Balaban J connectivity index is 3.64. The molecule has 0 N–H and O–H groups in total. The van der Waals surface area contributed by atoms with Crippen molar-refractivity contribution >= 4 is 7.82 Å². The lowest BCUT2D eigenvalue weighted by Gasteiger charge is -2.13. The van der Waals surface area contributed by atoms with Gasteiger partial charge in [-0.2, -0.15) is 0 Å². The van der Waals surface area contributed by atoms with Crippen LogP contribution in [0.25, 0.3) is 0 Å². The van der Waals surface area contributed by atoms with Crippen LogP contribution in [0.3, 0.4) is 0 Å². The van der Waals surface area contributed by atoms with Gasteiger partial charge in [0.1, 0.15) is 0 Å². The van der Waals surface area contributed by atoms with Gasteiger partial charge in [-0.15, -0.1) is 9.35 Å². The highest BCUT2D eigenvalue weighted by atomic mass is 31.2. The van der Waals surface area contributed by atoms with E-state index in [0.29, 0.717) is 0 Å². The van der Waals surface area contributed by atoms with Gasteiger partial charge in [0.25, 0.3) is 0 Å². The summed E-state index contributed by atoms with van der Waals surface area (Å²) in [6, 6.07) is 0. The summed E-state index contributed by atoms with van der Waals surface area (Å²) in [6.45, 7) is 2.43. The van der Waals surface area contributed by atoms with E-state index < -0.39 is 7.82 Å². The number of hydrogen-bond donors (Lipinski definition) is 0. The molecule has 0 heterocycles. The molecule has 0 saturated carbocycles. The number of rotatable bonds is 11. The molecule has 0 unspecified atom stereocenters. The second-order valence-electron chi connectivity index (χ2n) is 3.18. The fraction of sp³-hybridized carbons (Fsp3) is 1.00. The molecular weight excluding hydrogens is 235 g/mol. The van der Waals surface area contributed by atoms with Gasteiger partial charge in [-0.1, -0.05) is 32.6 Å². The van der Waals surface area contributed by atoms with Crippen LogP contribution in [-0.2, 0) is 28.2 Å². The van der Waals surface area contributed by atoms with Gasteiger partial charge in [-0.25, -0.2) is 14.3 Å². The molecule has 0 spiro atoms. The summed E-state index contributed by atoms with van der Waals surface area (Å²) in [5, 5.41) is 0. The van der Waals surface area contributed by atoms with Gasteiger partial charge < -0.3 is 0 Å². The number of hydrogen-bond acceptors (Lipinski definition) is 6. The van der Waals surface area contributed by atoms with Crippen LogP contribution in [0.4, 0.5) is 0 Å². The van der Waals surface area contributed by atoms with E-state index >= 15 is 0 Å². The third-order valence-electron chi connectivity index (χ3n) is 1.83. The maximum absolute atomic E-state index is 11.6. The lowest BCUT2D eigenvalue weighted by molar-refractivity contribution is -0.259. The summed E-state index contributed by atoms with van der Waals surface area (Å²) in [6.07, 6.45) is 5.33. The summed E-state index contributed by atoms with van der Waals surface area (Å²) >= 11 is 0. The Hall–Kier alpha value is 0.0300. The minimum atomic E-state index is -3.72. The fourth-order valence-corrected chi connectivity index (χ4v) is 1.95. The molecule has 0 aliphatic carbocycles. The molecule has 0 rings (SSSR count). The fourth-order valence-electron chi connectivity index (χ4n) is 1.12. The van der Waals surface area contributed by atoms with E-state index in [1.807, 2.05) is 0 Å². The highest BCUT2D eigenvalue weighted by molar-refractivity contribution is 7.48. The van der Waals surface area contributed by atoms with Gasteiger partial charge in [0.05, 0.1) is 20.8 Å². The molecule has 0 bridgehead atoms. The molecule has 0 aromatic heterocycles. The Morgan fingerprint density at radius 3 is 2.00 bits per heavy atom. The van der Waals surface area contributed by atoms with E-state index in [9.17, 15) is 4.57 Å². The van der Waals surface area contributed by atoms with Crippen molar-refractivity contribution in [3.63, 3.8) is 0 Å². The second-order valence-corrected chi connectivity index (χ2v) is 4.63. The average Bonchev–Trinajstić information content (AvgIpc) is 2.24. The molecule has 0 atom stereocenters. The molecule has 0 aromatic rings. The van der Waals surface area contributed by atoms with Gasteiger partial charge in [-0.3, -0.25) is 4.52 Å². The molecule has 0 radical (unpaired) electrons. The Kier molecular flexibility index (Phi) is 10.2. The summed E-state index contributed by atoms with van der Waals surface area (Å²) in [5.41, 5.74) is 0. The Morgan fingerprint density at radius 1 is 0.938 bits per heavy atom. The van der Waals surface area contributed by atoms with Crippen molar-refractivity contribution in [2.24, 2.45) is 0 Å². The monoisotopic (exact) mass is 256 g/mol. The molecule has 0 saturated heterocycles. The molecule has 7 heteroatoms. The summed E-state index contributed by atoms with van der Waals surface area (Å²) in [7, 11) is -1.28. The highest BCUT2D eigenvalue weighted by Gasteiger charge is 2.29. The average molecular weight is 256 g/mol. The SMILES string of the molecule is CCCCCCCOP(=O)(OOC)OOC. The summed E-state index contributed by atoms with van der Waals surface area (Å²) < 4.78 is 25.3. The van der Waals surface area contributed by atoms with Gasteiger partial charge in [0.15, 0.2) is 0 Å². The first-order valence-corrected chi connectivity index (χ1v) is 6.84. The standard InChI is InChI=1S/C9H21O6P/c1-4-5-6-7-8-9-13-16(10,14-11-2)15-12-3/h4-9H2,1-3H3. The first-order chi connectivity index (χ1) is 7.68. The van der Waals surface area contributed by atoms with E-state index in [-0.39, 0.29) is 6.61 Å². The molecule has 16 heavy (non-hydrogen) atoms. The van der Waals surface area contributed by atoms with Gasteiger partial charge in [0.2, 0.25) is 0 Å². The predicted molar refractivity (Wildman–Crippen MR) is 58.5 cm³/mol. The molecular formula is C9H21O6P. The first-order valence-electron chi connectivity index (χ1n) is 5.38. The third kappa shape index (κ3) is 8.21. The van der Waals surface area contributed by atoms with E-state index in [2.05, 4.69) is 26.0 Å². The van der Waals surface area contributed by atoms with E-state index in [4.69, 9.17) is 4.52 Å². The largest absolute Gasteiger partial charge is 0.529 e. The minimum Gasteiger partial charge on any atom is -0.284 e. The van der Waals surface area contributed by atoms with Crippen LogP contribution in [0.5, 0.6) is 0 Å². The Bertz CT molecular complexity index is 188. The molecule has 6 nitrogen and oxygen atoms in total. The van der Waals surface area contributed by atoms with E-state index in [0.717, 1.165) is 19.3 Å². The number of unbranched alkanes of at least 4 members (excludes halogenated alkanes) is 4. The van der Waals surface area contributed by atoms with Crippen molar-refractivity contribution in [2.45, 2.75) is 39.0 Å². The van der Waals surface area contributed by atoms with Crippen LogP contribution in [0, 0.1) is 0 Å². The lowest BCUT2D eigenvalue weighted by atomic mass is 10.2. The normalized spacial score (nSPS) is 11.9. The molecule has 0 aliphatic heterocycles. The van der Waals surface area contributed by atoms with Gasteiger partial charge >= 0.3 is 7.82 Å². The van der Waals surface area contributed by atoms with Crippen LogP contribution in [0.2, 0.25) is 0 Å². The highest BCUT2D eigenvalue weighted by Crippen LogP contribution is 2.49. The van der Waals surface area contributed by atoms with Crippen LogP contribution >= 0.6 is 7.82 Å². The Morgan fingerprint density at radius 2 is 1.50 bits per heavy atom. The third-order valence-corrected chi connectivity index (χ3v) is 2.99. The van der Waals surface area contributed by atoms with Crippen molar-refractivity contribution in [3.8, 4) is 0 Å². The van der Waals surface area contributed by atoms with Crippen LogP contribution in [0.15, 0.2) is 0 Å². The maximum atomic E-state index is 11.6. The van der Waals surface area contributed by atoms with Crippen LogP contribution in [-0.4, -0.2) is 20.8 Å². The maximum Gasteiger partial charge on any atom is 0.529 e. The zero-order chi connectivity index (χ0) is 12.3. The van der Waals surface area contributed by atoms with Crippen LogP contribution < -0.4 is 0 Å². The summed E-state index contributed by atoms with van der Waals surface area (Å²) in [4.78, 5) is 8.52. The zero-order valence-electron chi connectivity index (χ0n) is 10.1. The lowest BCUT2D eigenvalue weighted by Crippen LogP contribution is -2.00. The minimum absolute atomic E-state index is 0.285. The smallest absolute Gasteiger partial charge is 0.284 e. The zero-order valence-corrected chi connectivity index (χ0v) is 11.0.